The van der Waals surface area contributed by atoms with Gasteiger partial charge in [-0.3, -0.25) is 0 Å². The third-order valence-corrected chi connectivity index (χ3v) is 6.10. The lowest BCUT2D eigenvalue weighted by Crippen LogP contribution is -2.40. The van der Waals surface area contributed by atoms with Crippen molar-refractivity contribution in [2.45, 2.75) is 45.2 Å². The molecule has 1 aliphatic rings. The van der Waals surface area contributed by atoms with Crippen LogP contribution >= 0.6 is 12.2 Å². The van der Waals surface area contributed by atoms with E-state index < -0.39 is 0 Å². The molecule has 1 N–H and O–H groups in total. The Hall–Kier alpha value is -2.53. The summed E-state index contributed by atoms with van der Waals surface area (Å²) in [6, 6.07) is 17.1. The summed E-state index contributed by atoms with van der Waals surface area (Å²) in [5.74, 6) is 0.882. The molecule has 1 saturated carbocycles. The maximum atomic E-state index is 5.88. The molecule has 0 saturated heterocycles. The van der Waals surface area contributed by atoms with E-state index in [0.29, 0.717) is 12.6 Å². The Morgan fingerprint density at radius 1 is 1.14 bits per heavy atom. The molecular formula is C24H29N3OS. The van der Waals surface area contributed by atoms with Crippen LogP contribution < -0.4 is 10.1 Å². The number of rotatable bonds is 6. The maximum Gasteiger partial charge on any atom is 0.173 e. The molecular weight excluding hydrogens is 378 g/mol. The Balaban J connectivity index is 1.55. The lowest BCUT2D eigenvalue weighted by molar-refractivity contribution is 0.313. The van der Waals surface area contributed by atoms with Crippen molar-refractivity contribution in [1.29, 1.82) is 0 Å². The van der Waals surface area contributed by atoms with Crippen molar-refractivity contribution in [2.24, 2.45) is 7.05 Å². The van der Waals surface area contributed by atoms with Crippen LogP contribution in [0.2, 0.25) is 0 Å². The zero-order valence-corrected chi connectivity index (χ0v) is 18.0. The summed E-state index contributed by atoms with van der Waals surface area (Å²) in [5.41, 5.74) is 3.59. The van der Waals surface area contributed by atoms with Crippen molar-refractivity contribution in [2.75, 3.05) is 11.9 Å². The number of nitrogens with zero attached hydrogens (tertiary/aromatic N) is 2. The lowest BCUT2D eigenvalue weighted by atomic mass is 10.1. The molecule has 152 valence electrons. The average Bonchev–Trinajstić information content (AvgIpc) is 3.37. The van der Waals surface area contributed by atoms with Gasteiger partial charge in [0, 0.05) is 42.4 Å². The first-order valence-electron chi connectivity index (χ1n) is 10.5. The Morgan fingerprint density at radius 3 is 2.59 bits per heavy atom. The number of para-hydroxylation sites is 1. The summed E-state index contributed by atoms with van der Waals surface area (Å²) in [7, 11) is 2.11. The van der Waals surface area contributed by atoms with Gasteiger partial charge in [-0.15, -0.1) is 0 Å². The molecule has 0 amide bonds. The molecule has 1 fully saturated rings. The van der Waals surface area contributed by atoms with Gasteiger partial charge in [-0.25, -0.2) is 0 Å². The molecule has 0 spiro atoms. The third-order valence-electron chi connectivity index (χ3n) is 5.76. The third kappa shape index (κ3) is 4.40. The van der Waals surface area contributed by atoms with Crippen molar-refractivity contribution < 1.29 is 4.74 Å². The van der Waals surface area contributed by atoms with E-state index in [4.69, 9.17) is 17.0 Å². The van der Waals surface area contributed by atoms with E-state index in [2.05, 4.69) is 52.3 Å². The molecule has 1 heterocycles. The number of hydrogen-bond acceptors (Lipinski definition) is 2. The monoisotopic (exact) mass is 407 g/mol. The Labute approximate surface area is 178 Å². The fourth-order valence-electron chi connectivity index (χ4n) is 4.31. The predicted octanol–water partition coefficient (Wildman–Crippen LogP) is 5.72. The SMILES string of the molecule is CCOc1ccc(NC(=S)N(Cc2cn(C)c3ccccc23)C2CCCC2)cc1. The number of fused-ring (bicyclic) bond motifs is 1. The summed E-state index contributed by atoms with van der Waals surface area (Å²) >= 11 is 5.88. The van der Waals surface area contributed by atoms with E-state index in [1.807, 2.05) is 31.2 Å². The van der Waals surface area contributed by atoms with Crippen molar-refractivity contribution in [1.82, 2.24) is 9.47 Å². The maximum absolute atomic E-state index is 5.88. The van der Waals surface area contributed by atoms with Gasteiger partial charge in [-0.2, -0.15) is 0 Å². The van der Waals surface area contributed by atoms with Gasteiger partial charge in [0.2, 0.25) is 0 Å². The molecule has 29 heavy (non-hydrogen) atoms. The van der Waals surface area contributed by atoms with E-state index in [0.717, 1.165) is 23.1 Å². The lowest BCUT2D eigenvalue weighted by Gasteiger charge is -2.31. The van der Waals surface area contributed by atoms with E-state index in [-0.39, 0.29) is 0 Å². The Bertz CT molecular complexity index is 973. The van der Waals surface area contributed by atoms with Crippen LogP contribution in [0.5, 0.6) is 5.75 Å². The molecule has 0 radical (unpaired) electrons. The zero-order chi connectivity index (χ0) is 20.2. The zero-order valence-electron chi connectivity index (χ0n) is 17.2. The minimum absolute atomic E-state index is 0.497. The molecule has 1 aliphatic carbocycles. The van der Waals surface area contributed by atoms with Gasteiger partial charge in [-0.05, 0) is 67.9 Å². The van der Waals surface area contributed by atoms with Crippen LogP contribution in [-0.4, -0.2) is 27.2 Å². The number of aromatic nitrogens is 1. The van der Waals surface area contributed by atoms with Gasteiger partial charge in [-0.1, -0.05) is 31.0 Å². The first kappa shape index (κ1) is 19.8. The highest BCUT2D eigenvalue weighted by Crippen LogP contribution is 2.29. The normalized spacial score (nSPS) is 14.3. The van der Waals surface area contributed by atoms with Crippen LogP contribution in [0.3, 0.4) is 0 Å². The summed E-state index contributed by atoms with van der Waals surface area (Å²) < 4.78 is 7.75. The summed E-state index contributed by atoms with van der Waals surface area (Å²) in [4.78, 5) is 2.39. The second-order valence-electron chi connectivity index (χ2n) is 7.74. The van der Waals surface area contributed by atoms with Crippen molar-refractivity contribution >= 4 is 33.9 Å². The van der Waals surface area contributed by atoms with Crippen molar-refractivity contribution in [3.05, 3.63) is 60.3 Å². The fraction of sp³-hybridized carbons (Fsp3) is 0.375. The second kappa shape index (κ2) is 8.87. The number of nitrogens with one attached hydrogen (secondary N) is 1. The largest absolute Gasteiger partial charge is 0.494 e. The molecule has 4 nitrogen and oxygen atoms in total. The molecule has 1 aromatic heterocycles. The fourth-order valence-corrected chi connectivity index (χ4v) is 4.65. The Kier molecular flexibility index (Phi) is 6.05. The van der Waals surface area contributed by atoms with Gasteiger partial charge < -0.3 is 19.5 Å². The quantitative estimate of drug-likeness (QED) is 0.529. The van der Waals surface area contributed by atoms with E-state index in [1.165, 1.54) is 42.1 Å². The summed E-state index contributed by atoms with van der Waals surface area (Å²) in [6.45, 7) is 3.49. The summed E-state index contributed by atoms with van der Waals surface area (Å²) in [5, 5.41) is 5.57. The first-order chi connectivity index (χ1) is 14.2. The van der Waals surface area contributed by atoms with Crippen LogP contribution in [0.15, 0.2) is 54.7 Å². The van der Waals surface area contributed by atoms with Crippen LogP contribution in [0.1, 0.15) is 38.2 Å². The van der Waals surface area contributed by atoms with Gasteiger partial charge >= 0.3 is 0 Å². The second-order valence-corrected chi connectivity index (χ2v) is 8.12. The number of thiocarbonyl (C=S) groups is 1. The molecule has 0 unspecified atom stereocenters. The minimum atomic E-state index is 0.497. The highest BCUT2D eigenvalue weighted by atomic mass is 32.1. The van der Waals surface area contributed by atoms with Crippen molar-refractivity contribution in [3.8, 4) is 5.75 Å². The van der Waals surface area contributed by atoms with Gasteiger partial charge in [0.25, 0.3) is 0 Å². The number of ether oxygens (including phenoxy) is 1. The molecule has 0 bridgehead atoms. The molecule has 4 rings (SSSR count). The average molecular weight is 408 g/mol. The first-order valence-corrected chi connectivity index (χ1v) is 10.9. The van der Waals surface area contributed by atoms with Gasteiger partial charge in [0.1, 0.15) is 5.75 Å². The molecule has 0 atom stereocenters. The topological polar surface area (TPSA) is 29.4 Å². The van der Waals surface area contributed by atoms with Crippen LogP contribution in [0.25, 0.3) is 10.9 Å². The van der Waals surface area contributed by atoms with Gasteiger partial charge in [0.05, 0.1) is 6.61 Å². The Morgan fingerprint density at radius 2 is 1.86 bits per heavy atom. The van der Waals surface area contributed by atoms with E-state index >= 15 is 0 Å². The van der Waals surface area contributed by atoms with E-state index in [9.17, 15) is 0 Å². The molecule has 3 aromatic rings. The number of aryl methyl sites for hydroxylation is 1. The smallest absolute Gasteiger partial charge is 0.173 e. The molecule has 5 heteroatoms. The number of anilines is 1. The molecule has 0 aliphatic heterocycles. The highest BCUT2D eigenvalue weighted by molar-refractivity contribution is 7.80. The van der Waals surface area contributed by atoms with Crippen LogP contribution in [0, 0.1) is 0 Å². The predicted molar refractivity (Wildman–Crippen MR) is 125 cm³/mol. The van der Waals surface area contributed by atoms with Crippen molar-refractivity contribution in [3.63, 3.8) is 0 Å². The highest BCUT2D eigenvalue weighted by Gasteiger charge is 2.26. The minimum Gasteiger partial charge on any atom is -0.494 e. The number of benzene rings is 2. The number of hydrogen-bond donors (Lipinski definition) is 1. The van der Waals surface area contributed by atoms with E-state index in [1.54, 1.807) is 0 Å². The van der Waals surface area contributed by atoms with Crippen LogP contribution in [-0.2, 0) is 13.6 Å². The molecule has 2 aromatic carbocycles. The summed E-state index contributed by atoms with van der Waals surface area (Å²) in [6.07, 6.45) is 7.21. The van der Waals surface area contributed by atoms with Gasteiger partial charge in [0.15, 0.2) is 5.11 Å². The van der Waals surface area contributed by atoms with Crippen LogP contribution in [0.4, 0.5) is 5.69 Å². The standard InChI is InChI=1S/C24H29N3OS/c1-3-28-21-14-12-19(13-15-21)25-24(29)27(20-8-4-5-9-20)17-18-16-26(2)23-11-7-6-10-22(18)23/h6-7,10-16,20H,3-5,8-9,17H2,1-2H3,(H,25,29).